The monoisotopic (exact) mass is 493 g/mol. The van der Waals surface area contributed by atoms with Gasteiger partial charge in [-0.15, -0.1) is 0 Å². The number of aromatic carboxylic acids is 1. The van der Waals surface area contributed by atoms with Crippen LogP contribution in [0.2, 0.25) is 0 Å². The van der Waals surface area contributed by atoms with Crippen molar-refractivity contribution in [1.29, 1.82) is 0 Å². The van der Waals surface area contributed by atoms with Crippen LogP contribution in [0.4, 0.5) is 11.6 Å². The van der Waals surface area contributed by atoms with Gasteiger partial charge in [-0.05, 0) is 80.1 Å². The van der Waals surface area contributed by atoms with Crippen LogP contribution in [-0.4, -0.2) is 51.1 Å². The molecule has 0 aliphatic heterocycles. The van der Waals surface area contributed by atoms with E-state index < -0.39 is 5.97 Å². The molecule has 0 spiro atoms. The van der Waals surface area contributed by atoms with Crippen LogP contribution in [-0.2, 0) is 6.54 Å². The zero-order chi connectivity index (χ0) is 26.2. The summed E-state index contributed by atoms with van der Waals surface area (Å²) in [6.07, 6.45) is 2.69. The zero-order valence-electron chi connectivity index (χ0n) is 21.8. The number of hydrogen-bond donors (Lipinski definition) is 3. The highest BCUT2D eigenvalue weighted by molar-refractivity contribution is 5.98. The van der Waals surface area contributed by atoms with Crippen molar-refractivity contribution in [2.75, 3.05) is 25.0 Å². The number of nitrogens with one attached hydrogen (secondary N) is 1. The second-order valence-electron chi connectivity index (χ2n) is 10.1. The van der Waals surface area contributed by atoms with Crippen molar-refractivity contribution in [3.05, 3.63) is 53.6 Å². The van der Waals surface area contributed by atoms with Gasteiger partial charge in [0.05, 0.1) is 16.6 Å². The molecule has 2 aromatic carbocycles. The number of amides is 1. The minimum absolute atomic E-state index is 0.0449. The molecule has 4 N–H and O–H groups in total. The third-order valence-corrected chi connectivity index (χ3v) is 6.21. The van der Waals surface area contributed by atoms with Crippen LogP contribution in [0.5, 0.6) is 0 Å². The lowest BCUT2D eigenvalue weighted by atomic mass is 10.1. The van der Waals surface area contributed by atoms with E-state index in [2.05, 4.69) is 33.0 Å². The number of anilines is 2. The van der Waals surface area contributed by atoms with Gasteiger partial charge in [-0.2, -0.15) is 0 Å². The first-order valence-corrected chi connectivity index (χ1v) is 12.8. The Morgan fingerprint density at radius 2 is 1.61 bits per heavy atom. The molecule has 8 nitrogen and oxygen atoms in total. The van der Waals surface area contributed by atoms with Crippen LogP contribution < -0.4 is 11.1 Å². The molecule has 0 radical (unpaired) electrons. The van der Waals surface area contributed by atoms with Crippen LogP contribution >= 0.6 is 0 Å². The molecule has 0 saturated carbocycles. The van der Waals surface area contributed by atoms with E-state index in [9.17, 15) is 9.59 Å². The van der Waals surface area contributed by atoms with E-state index >= 15 is 0 Å². The summed E-state index contributed by atoms with van der Waals surface area (Å²) in [5.74, 6) is 0.756. The Kier molecular flexibility index (Phi) is 9.47. The average Bonchev–Trinajstić information content (AvgIpc) is 3.18. The molecule has 1 heterocycles. The number of carbonyl (C=O) groups excluding carboxylic acids is 1. The summed E-state index contributed by atoms with van der Waals surface area (Å²) in [5.41, 5.74) is 9.06. The number of nitrogens with two attached hydrogens (primary N) is 1. The Balaban J connectivity index is 1.93. The van der Waals surface area contributed by atoms with Gasteiger partial charge in [0.25, 0.3) is 5.91 Å². The summed E-state index contributed by atoms with van der Waals surface area (Å²) in [4.78, 5) is 31.4. The van der Waals surface area contributed by atoms with E-state index in [1.807, 2.05) is 27.7 Å². The van der Waals surface area contributed by atoms with Gasteiger partial charge in [0, 0.05) is 30.9 Å². The molecular formula is C28H39N5O3. The number of carboxylic acid groups (broad SMARTS) is 1. The van der Waals surface area contributed by atoms with Crippen LogP contribution in [0.25, 0.3) is 11.0 Å². The van der Waals surface area contributed by atoms with Gasteiger partial charge in [-0.25, -0.2) is 9.78 Å². The summed E-state index contributed by atoms with van der Waals surface area (Å²) >= 11 is 0. The van der Waals surface area contributed by atoms with Gasteiger partial charge in [-0.1, -0.05) is 27.7 Å². The van der Waals surface area contributed by atoms with Gasteiger partial charge >= 0.3 is 5.97 Å². The van der Waals surface area contributed by atoms with Gasteiger partial charge in [0.15, 0.2) is 0 Å². The number of benzene rings is 2. The first-order valence-electron chi connectivity index (χ1n) is 12.8. The van der Waals surface area contributed by atoms with Crippen molar-refractivity contribution in [1.82, 2.24) is 14.5 Å². The predicted molar refractivity (Wildman–Crippen MR) is 145 cm³/mol. The highest BCUT2D eigenvalue weighted by Gasteiger charge is 2.19. The third-order valence-electron chi connectivity index (χ3n) is 6.21. The fourth-order valence-corrected chi connectivity index (χ4v) is 3.98. The van der Waals surface area contributed by atoms with Gasteiger partial charge in [0.1, 0.15) is 0 Å². The SMILES string of the molecule is CC(C)CCN(CCC(C)C)C(=O)c1ccc2nc(Nc3ccc(C(=O)O)cc3)n(CCCN)c2c1. The van der Waals surface area contributed by atoms with Gasteiger partial charge < -0.3 is 25.6 Å². The summed E-state index contributed by atoms with van der Waals surface area (Å²) < 4.78 is 2.04. The number of aromatic nitrogens is 2. The third kappa shape index (κ3) is 7.07. The normalized spacial score (nSPS) is 11.4. The van der Waals surface area contributed by atoms with Crippen molar-refractivity contribution in [2.24, 2.45) is 17.6 Å². The molecule has 0 aliphatic carbocycles. The summed E-state index contributed by atoms with van der Waals surface area (Å²) in [7, 11) is 0. The Hall–Kier alpha value is -3.39. The zero-order valence-corrected chi connectivity index (χ0v) is 21.8. The number of carbonyl (C=O) groups is 2. The fourth-order valence-electron chi connectivity index (χ4n) is 3.98. The lowest BCUT2D eigenvalue weighted by Gasteiger charge is -2.24. The number of hydrogen-bond acceptors (Lipinski definition) is 5. The van der Waals surface area contributed by atoms with Crippen LogP contribution in [0.3, 0.4) is 0 Å². The minimum atomic E-state index is -0.968. The second-order valence-corrected chi connectivity index (χ2v) is 10.1. The maximum Gasteiger partial charge on any atom is 0.335 e. The van der Waals surface area contributed by atoms with E-state index in [0.29, 0.717) is 36.4 Å². The molecule has 8 heteroatoms. The molecule has 3 aromatic rings. The molecule has 0 atom stereocenters. The van der Waals surface area contributed by atoms with Crippen LogP contribution in [0, 0.1) is 11.8 Å². The summed E-state index contributed by atoms with van der Waals surface area (Å²) in [6, 6.07) is 12.2. The number of rotatable bonds is 13. The number of fused-ring (bicyclic) bond motifs is 1. The highest BCUT2D eigenvalue weighted by atomic mass is 16.4. The maximum absolute atomic E-state index is 13.5. The van der Waals surface area contributed by atoms with Crippen molar-refractivity contribution in [3.8, 4) is 0 Å². The molecular weight excluding hydrogens is 454 g/mol. The Labute approximate surface area is 213 Å². The summed E-state index contributed by atoms with van der Waals surface area (Å²) in [5, 5.41) is 12.5. The average molecular weight is 494 g/mol. The topological polar surface area (TPSA) is 113 Å². The Morgan fingerprint density at radius 1 is 1.00 bits per heavy atom. The second kappa shape index (κ2) is 12.5. The number of nitrogens with zero attached hydrogens (tertiary/aromatic N) is 3. The van der Waals surface area contributed by atoms with Gasteiger partial charge in [-0.3, -0.25) is 4.79 Å². The van der Waals surface area contributed by atoms with Gasteiger partial charge in [0.2, 0.25) is 5.95 Å². The van der Waals surface area contributed by atoms with E-state index in [0.717, 1.165) is 49.1 Å². The molecule has 0 bridgehead atoms. The van der Waals surface area contributed by atoms with E-state index in [1.54, 1.807) is 24.3 Å². The molecule has 194 valence electrons. The Bertz CT molecular complexity index is 1160. The lowest BCUT2D eigenvalue weighted by molar-refractivity contribution is 0.0695. The number of imidazole rings is 1. The molecule has 3 rings (SSSR count). The first kappa shape index (κ1) is 27.2. The molecule has 0 saturated heterocycles. The van der Waals surface area contributed by atoms with Crippen LogP contribution in [0.1, 0.15) is 67.7 Å². The molecule has 0 aliphatic rings. The number of carboxylic acids is 1. The van der Waals surface area contributed by atoms with Crippen molar-refractivity contribution in [2.45, 2.75) is 53.5 Å². The molecule has 0 fully saturated rings. The molecule has 36 heavy (non-hydrogen) atoms. The fraction of sp³-hybridized carbons (Fsp3) is 0.464. The molecule has 1 amide bonds. The smallest absolute Gasteiger partial charge is 0.335 e. The molecule has 1 aromatic heterocycles. The maximum atomic E-state index is 13.5. The van der Waals surface area contributed by atoms with Crippen LogP contribution in [0.15, 0.2) is 42.5 Å². The molecule has 0 unspecified atom stereocenters. The quantitative estimate of drug-likeness (QED) is 0.295. The van der Waals surface area contributed by atoms with E-state index in [1.165, 1.54) is 0 Å². The van der Waals surface area contributed by atoms with Crippen molar-refractivity contribution < 1.29 is 14.7 Å². The first-order chi connectivity index (χ1) is 17.2. The lowest BCUT2D eigenvalue weighted by Crippen LogP contribution is -2.34. The van der Waals surface area contributed by atoms with E-state index in [-0.39, 0.29) is 11.5 Å². The Morgan fingerprint density at radius 3 is 2.17 bits per heavy atom. The highest BCUT2D eigenvalue weighted by Crippen LogP contribution is 2.25. The predicted octanol–water partition coefficient (Wildman–Crippen LogP) is 5.36. The largest absolute Gasteiger partial charge is 0.478 e. The van der Waals surface area contributed by atoms with Crippen molar-refractivity contribution >= 4 is 34.5 Å². The minimum Gasteiger partial charge on any atom is -0.478 e. The summed E-state index contributed by atoms with van der Waals surface area (Å²) in [6.45, 7) is 11.4. The van der Waals surface area contributed by atoms with E-state index in [4.69, 9.17) is 15.8 Å². The number of aryl methyl sites for hydroxylation is 1. The van der Waals surface area contributed by atoms with Crippen molar-refractivity contribution in [3.63, 3.8) is 0 Å². The standard InChI is InChI=1S/C28H39N5O3/c1-19(2)12-16-32(17-13-20(3)4)26(34)22-8-11-24-25(18-22)33(15-5-14-29)28(31-24)30-23-9-6-21(7-10-23)27(35)36/h6-11,18-20H,5,12-17,29H2,1-4H3,(H,30,31)(H,35,36).